The van der Waals surface area contributed by atoms with Crippen molar-refractivity contribution < 1.29 is 9.47 Å². The van der Waals surface area contributed by atoms with Crippen molar-refractivity contribution in [1.29, 1.82) is 0 Å². The third-order valence-electron chi connectivity index (χ3n) is 3.33. The topological polar surface area (TPSA) is 30.5 Å². The lowest BCUT2D eigenvalue weighted by Gasteiger charge is -2.12. The Morgan fingerprint density at radius 1 is 1.40 bits per heavy atom. The van der Waals surface area contributed by atoms with E-state index < -0.39 is 0 Å². The van der Waals surface area contributed by atoms with Crippen molar-refractivity contribution in [2.45, 2.75) is 45.3 Å². The molecule has 20 heavy (non-hydrogen) atoms. The quantitative estimate of drug-likeness (QED) is 0.746. The molecule has 1 aliphatic heterocycles. The summed E-state index contributed by atoms with van der Waals surface area (Å²) in [6.07, 6.45) is 3.75. The first kappa shape index (κ1) is 15.6. The second-order valence-corrected chi connectivity index (χ2v) is 5.96. The normalized spacial score (nSPS) is 17.3. The Kier molecular flexibility index (Phi) is 6.14. The summed E-state index contributed by atoms with van der Waals surface area (Å²) in [5, 5.41) is 4.23. The fourth-order valence-corrected chi connectivity index (χ4v) is 2.53. The Labute approximate surface area is 126 Å². The number of benzene rings is 1. The van der Waals surface area contributed by atoms with Crippen LogP contribution in [0.5, 0.6) is 5.75 Å². The Morgan fingerprint density at radius 2 is 2.25 bits per heavy atom. The summed E-state index contributed by atoms with van der Waals surface area (Å²) < 4.78 is 11.4. The number of halogens is 1. The molecule has 2 rings (SSSR count). The molecule has 0 spiro atoms. The van der Waals surface area contributed by atoms with E-state index in [1.54, 1.807) is 0 Å². The molecule has 0 bridgehead atoms. The van der Waals surface area contributed by atoms with Crippen molar-refractivity contribution in [3.8, 4) is 5.75 Å². The summed E-state index contributed by atoms with van der Waals surface area (Å²) in [4.78, 5) is 0. The Balaban J connectivity index is 1.56. The average molecular weight is 298 g/mol. The molecule has 4 heteroatoms. The predicted octanol–water partition coefficient (Wildman–Crippen LogP) is 3.44. The van der Waals surface area contributed by atoms with Crippen LogP contribution in [0.25, 0.3) is 0 Å². The van der Waals surface area contributed by atoms with Crippen molar-refractivity contribution in [3.05, 3.63) is 28.8 Å². The molecule has 0 aliphatic carbocycles. The second-order valence-electron chi connectivity index (χ2n) is 5.53. The van der Waals surface area contributed by atoms with Gasteiger partial charge in [-0.15, -0.1) is 0 Å². The molecule has 1 aliphatic rings. The first-order valence-corrected chi connectivity index (χ1v) is 7.80. The van der Waals surface area contributed by atoms with E-state index in [1.807, 2.05) is 18.2 Å². The molecular weight excluding hydrogens is 274 g/mol. The summed E-state index contributed by atoms with van der Waals surface area (Å²) in [6, 6.07) is 5.84. The van der Waals surface area contributed by atoms with Gasteiger partial charge in [0, 0.05) is 24.6 Å². The summed E-state index contributed by atoms with van der Waals surface area (Å²) in [6.45, 7) is 6.89. The van der Waals surface area contributed by atoms with Crippen LogP contribution < -0.4 is 10.1 Å². The SMILES string of the molecule is CC(C)OCCCCNCC1Cc2cc(Cl)ccc2O1. The van der Waals surface area contributed by atoms with Crippen molar-refractivity contribution in [2.75, 3.05) is 19.7 Å². The lowest BCUT2D eigenvalue weighted by molar-refractivity contribution is 0.0759. The molecular formula is C16H24ClNO2. The van der Waals surface area contributed by atoms with E-state index in [2.05, 4.69) is 19.2 Å². The van der Waals surface area contributed by atoms with Gasteiger partial charge in [0.2, 0.25) is 0 Å². The number of nitrogens with one attached hydrogen (secondary N) is 1. The van der Waals surface area contributed by atoms with E-state index in [4.69, 9.17) is 21.1 Å². The Hall–Kier alpha value is -0.770. The van der Waals surface area contributed by atoms with Crippen LogP contribution in [0.15, 0.2) is 18.2 Å². The van der Waals surface area contributed by atoms with Gasteiger partial charge in [-0.2, -0.15) is 0 Å². The molecule has 1 heterocycles. The highest BCUT2D eigenvalue weighted by atomic mass is 35.5. The summed E-state index contributed by atoms with van der Waals surface area (Å²) in [5.41, 5.74) is 1.22. The highest BCUT2D eigenvalue weighted by Gasteiger charge is 2.22. The number of fused-ring (bicyclic) bond motifs is 1. The standard InChI is InChI=1S/C16H24ClNO2/c1-12(2)19-8-4-3-7-18-11-15-10-13-9-14(17)5-6-16(13)20-15/h5-6,9,12,15,18H,3-4,7-8,10-11H2,1-2H3. The second kappa shape index (κ2) is 7.87. The van der Waals surface area contributed by atoms with E-state index in [9.17, 15) is 0 Å². The maximum absolute atomic E-state index is 5.99. The molecule has 0 fully saturated rings. The van der Waals surface area contributed by atoms with Gasteiger partial charge in [0.05, 0.1) is 6.10 Å². The minimum atomic E-state index is 0.232. The third-order valence-corrected chi connectivity index (χ3v) is 3.57. The minimum Gasteiger partial charge on any atom is -0.488 e. The molecule has 0 radical (unpaired) electrons. The van der Waals surface area contributed by atoms with E-state index in [-0.39, 0.29) is 6.10 Å². The van der Waals surface area contributed by atoms with Gasteiger partial charge in [-0.05, 0) is 57.0 Å². The highest BCUT2D eigenvalue weighted by Crippen LogP contribution is 2.30. The molecule has 1 aromatic rings. The summed E-state index contributed by atoms with van der Waals surface area (Å²) in [5.74, 6) is 0.978. The molecule has 1 N–H and O–H groups in total. The summed E-state index contributed by atoms with van der Waals surface area (Å²) >= 11 is 5.99. The molecule has 112 valence electrons. The molecule has 0 saturated heterocycles. The highest BCUT2D eigenvalue weighted by molar-refractivity contribution is 6.30. The minimum absolute atomic E-state index is 0.232. The fraction of sp³-hybridized carbons (Fsp3) is 0.625. The van der Waals surface area contributed by atoms with Crippen LogP contribution in [-0.2, 0) is 11.2 Å². The molecule has 1 atom stereocenters. The van der Waals surface area contributed by atoms with E-state index in [0.29, 0.717) is 6.10 Å². The van der Waals surface area contributed by atoms with Crippen LogP contribution in [0, 0.1) is 0 Å². The van der Waals surface area contributed by atoms with Gasteiger partial charge in [0.1, 0.15) is 11.9 Å². The molecule has 1 unspecified atom stereocenters. The van der Waals surface area contributed by atoms with Crippen LogP contribution in [0.2, 0.25) is 5.02 Å². The van der Waals surface area contributed by atoms with Crippen molar-refractivity contribution in [2.24, 2.45) is 0 Å². The smallest absolute Gasteiger partial charge is 0.123 e. The zero-order valence-electron chi connectivity index (χ0n) is 12.3. The van der Waals surface area contributed by atoms with E-state index in [1.165, 1.54) is 5.56 Å². The monoisotopic (exact) mass is 297 g/mol. The Bertz CT molecular complexity index is 423. The van der Waals surface area contributed by atoms with Gasteiger partial charge >= 0.3 is 0 Å². The van der Waals surface area contributed by atoms with Gasteiger partial charge < -0.3 is 14.8 Å². The molecule has 0 saturated carbocycles. The zero-order valence-corrected chi connectivity index (χ0v) is 13.1. The van der Waals surface area contributed by atoms with Gasteiger partial charge in [-0.1, -0.05) is 11.6 Å². The maximum Gasteiger partial charge on any atom is 0.123 e. The number of rotatable bonds is 8. The van der Waals surface area contributed by atoms with Crippen molar-refractivity contribution in [1.82, 2.24) is 5.32 Å². The average Bonchev–Trinajstić information content (AvgIpc) is 2.79. The van der Waals surface area contributed by atoms with Gasteiger partial charge in [-0.25, -0.2) is 0 Å². The van der Waals surface area contributed by atoms with Crippen LogP contribution in [0.3, 0.4) is 0 Å². The predicted molar refractivity (Wildman–Crippen MR) is 82.8 cm³/mol. The Morgan fingerprint density at radius 3 is 3.05 bits per heavy atom. The van der Waals surface area contributed by atoms with Gasteiger partial charge in [-0.3, -0.25) is 0 Å². The van der Waals surface area contributed by atoms with Crippen LogP contribution >= 0.6 is 11.6 Å². The van der Waals surface area contributed by atoms with Crippen LogP contribution in [0.4, 0.5) is 0 Å². The van der Waals surface area contributed by atoms with E-state index >= 15 is 0 Å². The molecule has 0 amide bonds. The van der Waals surface area contributed by atoms with E-state index in [0.717, 1.165) is 49.7 Å². The molecule has 1 aromatic carbocycles. The largest absolute Gasteiger partial charge is 0.488 e. The lowest BCUT2D eigenvalue weighted by Crippen LogP contribution is -2.30. The molecule has 0 aromatic heterocycles. The first-order valence-electron chi connectivity index (χ1n) is 7.42. The van der Waals surface area contributed by atoms with Gasteiger partial charge in [0.15, 0.2) is 0 Å². The number of ether oxygens (including phenoxy) is 2. The number of unbranched alkanes of at least 4 members (excludes halogenated alkanes) is 1. The van der Waals surface area contributed by atoms with Crippen LogP contribution in [0.1, 0.15) is 32.3 Å². The lowest BCUT2D eigenvalue weighted by atomic mass is 10.1. The first-order chi connectivity index (χ1) is 9.65. The zero-order chi connectivity index (χ0) is 14.4. The molecule has 3 nitrogen and oxygen atoms in total. The van der Waals surface area contributed by atoms with Crippen molar-refractivity contribution in [3.63, 3.8) is 0 Å². The maximum atomic E-state index is 5.99. The third kappa shape index (κ3) is 4.97. The van der Waals surface area contributed by atoms with Gasteiger partial charge in [0.25, 0.3) is 0 Å². The fourth-order valence-electron chi connectivity index (χ4n) is 2.34. The summed E-state index contributed by atoms with van der Waals surface area (Å²) in [7, 11) is 0. The van der Waals surface area contributed by atoms with Crippen LogP contribution in [-0.4, -0.2) is 31.9 Å². The number of hydrogen-bond acceptors (Lipinski definition) is 3. The number of hydrogen-bond donors (Lipinski definition) is 1. The van der Waals surface area contributed by atoms with Crippen molar-refractivity contribution >= 4 is 11.6 Å².